The Balaban J connectivity index is 1.85. The number of nitrogens with one attached hydrogen (secondary N) is 1. The van der Waals surface area contributed by atoms with Crippen LogP contribution in [0.1, 0.15) is 21.5 Å². The van der Waals surface area contributed by atoms with Gasteiger partial charge in [0, 0.05) is 16.5 Å². The zero-order valence-corrected chi connectivity index (χ0v) is 15.9. The van der Waals surface area contributed by atoms with Gasteiger partial charge in [0.25, 0.3) is 5.91 Å². The maximum Gasteiger partial charge on any atom is 0.257 e. The van der Waals surface area contributed by atoms with Gasteiger partial charge in [-0.1, -0.05) is 17.7 Å². The lowest BCUT2D eigenvalue weighted by atomic mass is 10.1. The topological polar surface area (TPSA) is 60.5 Å². The second-order valence-corrected chi connectivity index (χ2v) is 6.73. The SMILES string of the molecule is COc1ccc(OC)c(-c2csc(NC(=O)c3ccc(C)cc3C)n2)c1. The van der Waals surface area contributed by atoms with Gasteiger partial charge in [-0.25, -0.2) is 4.98 Å². The summed E-state index contributed by atoms with van der Waals surface area (Å²) in [6.45, 7) is 3.93. The number of amides is 1. The first-order valence-corrected chi connectivity index (χ1v) is 8.96. The molecule has 3 rings (SSSR count). The molecule has 5 nitrogen and oxygen atoms in total. The van der Waals surface area contributed by atoms with Crippen molar-refractivity contribution in [2.24, 2.45) is 0 Å². The number of ether oxygens (including phenoxy) is 2. The Morgan fingerprint density at radius 2 is 1.88 bits per heavy atom. The zero-order chi connectivity index (χ0) is 18.7. The molecule has 0 radical (unpaired) electrons. The molecular formula is C20H20N2O3S. The van der Waals surface area contributed by atoms with Crippen molar-refractivity contribution in [2.75, 3.05) is 19.5 Å². The Labute approximate surface area is 156 Å². The van der Waals surface area contributed by atoms with Crippen LogP contribution in [0.3, 0.4) is 0 Å². The number of hydrogen-bond acceptors (Lipinski definition) is 5. The smallest absolute Gasteiger partial charge is 0.257 e. The Morgan fingerprint density at radius 1 is 1.08 bits per heavy atom. The molecule has 134 valence electrons. The molecule has 3 aromatic rings. The minimum atomic E-state index is -0.166. The van der Waals surface area contributed by atoms with E-state index in [0.717, 1.165) is 28.1 Å². The van der Waals surface area contributed by atoms with Gasteiger partial charge in [0.05, 0.1) is 19.9 Å². The van der Waals surface area contributed by atoms with E-state index >= 15 is 0 Å². The summed E-state index contributed by atoms with van der Waals surface area (Å²) >= 11 is 1.37. The monoisotopic (exact) mass is 368 g/mol. The van der Waals surface area contributed by atoms with Crippen molar-refractivity contribution in [1.82, 2.24) is 4.98 Å². The molecule has 1 N–H and O–H groups in total. The molecule has 6 heteroatoms. The van der Waals surface area contributed by atoms with Gasteiger partial charge < -0.3 is 9.47 Å². The molecule has 0 bridgehead atoms. The van der Waals surface area contributed by atoms with Crippen LogP contribution in [-0.2, 0) is 0 Å². The molecule has 0 aliphatic rings. The molecule has 1 amide bonds. The third kappa shape index (κ3) is 3.70. The van der Waals surface area contributed by atoms with Crippen molar-refractivity contribution in [3.05, 3.63) is 58.5 Å². The largest absolute Gasteiger partial charge is 0.497 e. The van der Waals surface area contributed by atoms with E-state index in [1.54, 1.807) is 14.2 Å². The van der Waals surface area contributed by atoms with Gasteiger partial charge in [0.15, 0.2) is 5.13 Å². The maximum absolute atomic E-state index is 12.5. The first-order valence-electron chi connectivity index (χ1n) is 8.08. The zero-order valence-electron chi connectivity index (χ0n) is 15.1. The second kappa shape index (κ2) is 7.58. The van der Waals surface area contributed by atoms with Crippen molar-refractivity contribution in [3.63, 3.8) is 0 Å². The van der Waals surface area contributed by atoms with Crippen LogP contribution < -0.4 is 14.8 Å². The lowest BCUT2D eigenvalue weighted by Crippen LogP contribution is -2.13. The molecular weight excluding hydrogens is 348 g/mol. The molecule has 0 saturated heterocycles. The number of aryl methyl sites for hydroxylation is 2. The van der Waals surface area contributed by atoms with Crippen LogP contribution in [0.2, 0.25) is 0 Å². The van der Waals surface area contributed by atoms with Crippen LogP contribution in [0.4, 0.5) is 5.13 Å². The minimum absolute atomic E-state index is 0.166. The minimum Gasteiger partial charge on any atom is -0.497 e. The molecule has 1 heterocycles. The summed E-state index contributed by atoms with van der Waals surface area (Å²) in [4.78, 5) is 17.1. The van der Waals surface area contributed by atoms with Gasteiger partial charge in [-0.2, -0.15) is 0 Å². The second-order valence-electron chi connectivity index (χ2n) is 5.88. The molecule has 2 aromatic carbocycles. The van der Waals surface area contributed by atoms with Gasteiger partial charge in [-0.3, -0.25) is 10.1 Å². The fraction of sp³-hybridized carbons (Fsp3) is 0.200. The quantitative estimate of drug-likeness (QED) is 0.709. The fourth-order valence-corrected chi connectivity index (χ4v) is 3.41. The summed E-state index contributed by atoms with van der Waals surface area (Å²) in [6.07, 6.45) is 0. The highest BCUT2D eigenvalue weighted by Gasteiger charge is 2.14. The highest BCUT2D eigenvalue weighted by Crippen LogP contribution is 2.35. The van der Waals surface area contributed by atoms with Gasteiger partial charge in [-0.05, 0) is 43.7 Å². The predicted octanol–water partition coefficient (Wildman–Crippen LogP) is 4.70. The summed E-state index contributed by atoms with van der Waals surface area (Å²) in [5, 5.41) is 5.29. The number of anilines is 1. The van der Waals surface area contributed by atoms with Crippen molar-refractivity contribution >= 4 is 22.4 Å². The summed E-state index contributed by atoms with van der Waals surface area (Å²) in [6, 6.07) is 11.3. The third-order valence-corrected chi connectivity index (χ3v) is 4.79. The predicted molar refractivity (Wildman–Crippen MR) is 105 cm³/mol. The van der Waals surface area contributed by atoms with Crippen molar-refractivity contribution in [2.45, 2.75) is 13.8 Å². The van der Waals surface area contributed by atoms with E-state index in [4.69, 9.17) is 9.47 Å². The van der Waals surface area contributed by atoms with Crippen LogP contribution in [0.5, 0.6) is 11.5 Å². The number of thiazole rings is 1. The molecule has 26 heavy (non-hydrogen) atoms. The first kappa shape index (κ1) is 17.9. The van der Waals surface area contributed by atoms with Crippen LogP contribution in [0, 0.1) is 13.8 Å². The fourth-order valence-electron chi connectivity index (χ4n) is 2.70. The normalized spacial score (nSPS) is 10.5. The molecule has 0 aliphatic carbocycles. The van der Waals surface area contributed by atoms with Crippen LogP contribution in [0.15, 0.2) is 41.8 Å². The summed E-state index contributed by atoms with van der Waals surface area (Å²) in [5.74, 6) is 1.25. The van der Waals surface area contributed by atoms with Crippen molar-refractivity contribution < 1.29 is 14.3 Å². The number of carbonyl (C=O) groups excluding carboxylic acids is 1. The third-order valence-electron chi connectivity index (χ3n) is 4.03. The average molecular weight is 368 g/mol. The molecule has 0 spiro atoms. The molecule has 1 aromatic heterocycles. The molecule has 0 atom stereocenters. The van der Waals surface area contributed by atoms with E-state index in [1.165, 1.54) is 11.3 Å². The van der Waals surface area contributed by atoms with E-state index < -0.39 is 0 Å². The van der Waals surface area contributed by atoms with Gasteiger partial charge in [-0.15, -0.1) is 11.3 Å². The maximum atomic E-state index is 12.5. The molecule has 0 unspecified atom stereocenters. The highest BCUT2D eigenvalue weighted by molar-refractivity contribution is 7.14. The Kier molecular flexibility index (Phi) is 5.23. The van der Waals surface area contributed by atoms with E-state index in [0.29, 0.717) is 16.4 Å². The van der Waals surface area contributed by atoms with Gasteiger partial charge >= 0.3 is 0 Å². The number of hydrogen-bond donors (Lipinski definition) is 1. The molecule has 0 aliphatic heterocycles. The molecule has 0 saturated carbocycles. The Hall–Kier alpha value is -2.86. The van der Waals surface area contributed by atoms with Gasteiger partial charge in [0.2, 0.25) is 0 Å². The number of rotatable bonds is 5. The lowest BCUT2D eigenvalue weighted by molar-refractivity contribution is 0.102. The number of aromatic nitrogens is 1. The van der Waals surface area contributed by atoms with E-state index in [9.17, 15) is 4.79 Å². The highest BCUT2D eigenvalue weighted by atomic mass is 32.1. The number of carbonyl (C=O) groups is 1. The summed E-state index contributed by atoms with van der Waals surface area (Å²) < 4.78 is 10.7. The van der Waals surface area contributed by atoms with Crippen molar-refractivity contribution in [1.29, 1.82) is 0 Å². The van der Waals surface area contributed by atoms with Crippen molar-refractivity contribution in [3.8, 4) is 22.8 Å². The first-order chi connectivity index (χ1) is 12.5. The van der Waals surface area contributed by atoms with Crippen LogP contribution in [-0.4, -0.2) is 25.1 Å². The number of methoxy groups -OCH3 is 2. The van der Waals surface area contributed by atoms with E-state index in [2.05, 4.69) is 10.3 Å². The number of nitrogens with zero attached hydrogens (tertiary/aromatic N) is 1. The Morgan fingerprint density at radius 3 is 2.58 bits per heavy atom. The van der Waals surface area contributed by atoms with Crippen LogP contribution >= 0.6 is 11.3 Å². The standard InChI is InChI=1S/C20H20N2O3S/c1-12-5-7-15(13(2)9-12)19(23)22-20-21-17(11-26-20)16-10-14(24-3)6-8-18(16)25-4/h5-11H,1-4H3,(H,21,22,23). The number of benzene rings is 2. The van der Waals surface area contributed by atoms with E-state index in [1.807, 2.05) is 55.6 Å². The Bertz CT molecular complexity index is 950. The van der Waals surface area contributed by atoms with E-state index in [-0.39, 0.29) is 5.91 Å². The summed E-state index contributed by atoms with van der Waals surface area (Å²) in [5.41, 5.74) is 4.25. The average Bonchev–Trinajstić information content (AvgIpc) is 3.09. The summed E-state index contributed by atoms with van der Waals surface area (Å²) in [7, 11) is 3.22. The molecule has 0 fully saturated rings. The lowest BCUT2D eigenvalue weighted by Gasteiger charge is -2.08. The van der Waals surface area contributed by atoms with Crippen LogP contribution in [0.25, 0.3) is 11.3 Å². The van der Waals surface area contributed by atoms with Gasteiger partial charge in [0.1, 0.15) is 11.5 Å².